The van der Waals surface area contributed by atoms with Crippen molar-refractivity contribution in [3.05, 3.63) is 0 Å². The number of rotatable bonds is 5. The van der Waals surface area contributed by atoms with E-state index in [2.05, 4.69) is 6.07 Å². The number of carbonyl (C=O) groups excluding carboxylic acids is 1. The van der Waals surface area contributed by atoms with Gasteiger partial charge in [0.05, 0.1) is 6.07 Å². The van der Waals surface area contributed by atoms with Crippen molar-refractivity contribution >= 4 is 5.91 Å². The van der Waals surface area contributed by atoms with Crippen LogP contribution >= 0.6 is 0 Å². The summed E-state index contributed by atoms with van der Waals surface area (Å²) in [7, 11) is 1.73. The Kier molecular flexibility index (Phi) is 6.00. The van der Waals surface area contributed by atoms with Crippen LogP contribution in [0.5, 0.6) is 0 Å². The third-order valence-electron chi connectivity index (χ3n) is 2.86. The Bertz CT molecular complexity index is 238. The van der Waals surface area contributed by atoms with Gasteiger partial charge in [0.2, 0.25) is 5.91 Å². The number of amides is 1. The summed E-state index contributed by atoms with van der Waals surface area (Å²) in [5.74, 6) is 0.336. The Labute approximate surface area is 93.1 Å². The van der Waals surface area contributed by atoms with Crippen molar-refractivity contribution in [1.82, 2.24) is 4.90 Å². The van der Waals surface area contributed by atoms with Crippen molar-refractivity contribution in [1.29, 1.82) is 5.26 Å². The Hall–Kier alpha value is -1.04. The van der Waals surface area contributed by atoms with E-state index >= 15 is 0 Å². The van der Waals surface area contributed by atoms with Gasteiger partial charge in [0.1, 0.15) is 6.04 Å². The monoisotopic (exact) mass is 210 g/mol. The Morgan fingerprint density at radius 3 is 2.07 bits per heavy atom. The van der Waals surface area contributed by atoms with Gasteiger partial charge < -0.3 is 4.90 Å². The molecule has 0 aromatic heterocycles. The van der Waals surface area contributed by atoms with E-state index in [1.54, 1.807) is 11.9 Å². The molecule has 0 aliphatic rings. The summed E-state index contributed by atoms with van der Waals surface area (Å²) in [6.07, 6.45) is 1.69. The summed E-state index contributed by atoms with van der Waals surface area (Å²) in [4.78, 5) is 13.6. The highest BCUT2D eigenvalue weighted by molar-refractivity contribution is 5.79. The first-order valence-electron chi connectivity index (χ1n) is 5.65. The van der Waals surface area contributed by atoms with Crippen molar-refractivity contribution in [2.24, 2.45) is 11.8 Å². The highest BCUT2D eigenvalue weighted by Crippen LogP contribution is 2.16. The molecule has 86 valence electrons. The maximum absolute atomic E-state index is 12.0. The maximum Gasteiger partial charge on any atom is 0.226 e. The molecule has 0 saturated carbocycles. The highest BCUT2D eigenvalue weighted by Gasteiger charge is 2.26. The first-order valence-corrected chi connectivity index (χ1v) is 5.65. The molecule has 0 aromatic carbocycles. The summed E-state index contributed by atoms with van der Waals surface area (Å²) >= 11 is 0. The molecule has 1 unspecified atom stereocenters. The second-order valence-corrected chi connectivity index (χ2v) is 4.28. The minimum Gasteiger partial charge on any atom is -0.329 e. The molecule has 0 saturated heterocycles. The number of nitrogens with zero attached hydrogens (tertiary/aromatic N) is 2. The predicted octanol–water partition coefficient (Wildman–Crippen LogP) is 2.43. The van der Waals surface area contributed by atoms with Crippen LogP contribution in [0.15, 0.2) is 0 Å². The summed E-state index contributed by atoms with van der Waals surface area (Å²) in [5.41, 5.74) is 0. The van der Waals surface area contributed by atoms with Crippen LogP contribution in [0.2, 0.25) is 0 Å². The minimum atomic E-state index is -0.307. The standard InChI is InChI=1S/C12H22N2O/c1-6-10(7-2)12(15)14(5)11(8-13)9(3)4/h9-11H,6-7H2,1-5H3. The van der Waals surface area contributed by atoms with Crippen molar-refractivity contribution in [3.8, 4) is 6.07 Å². The van der Waals surface area contributed by atoms with Crippen LogP contribution < -0.4 is 0 Å². The predicted molar refractivity (Wildman–Crippen MR) is 61.1 cm³/mol. The highest BCUT2D eigenvalue weighted by atomic mass is 16.2. The molecule has 0 N–H and O–H groups in total. The van der Waals surface area contributed by atoms with Gasteiger partial charge in [0.25, 0.3) is 0 Å². The molecule has 3 heteroatoms. The lowest BCUT2D eigenvalue weighted by molar-refractivity contribution is -0.136. The van der Waals surface area contributed by atoms with E-state index in [0.29, 0.717) is 0 Å². The van der Waals surface area contributed by atoms with Crippen LogP contribution in [-0.4, -0.2) is 23.9 Å². The van der Waals surface area contributed by atoms with Crippen molar-refractivity contribution in [2.75, 3.05) is 7.05 Å². The molecule has 0 spiro atoms. The van der Waals surface area contributed by atoms with Gasteiger partial charge in [-0.1, -0.05) is 27.7 Å². The zero-order valence-electron chi connectivity index (χ0n) is 10.4. The molecule has 0 rings (SSSR count). The molecule has 15 heavy (non-hydrogen) atoms. The molecule has 0 aliphatic carbocycles. The molecular weight excluding hydrogens is 188 g/mol. The van der Waals surface area contributed by atoms with Gasteiger partial charge >= 0.3 is 0 Å². The third kappa shape index (κ3) is 3.54. The topological polar surface area (TPSA) is 44.1 Å². The minimum absolute atomic E-state index is 0.0598. The summed E-state index contributed by atoms with van der Waals surface area (Å²) in [6, 6.07) is 1.88. The molecule has 3 nitrogen and oxygen atoms in total. The zero-order chi connectivity index (χ0) is 12.0. The Morgan fingerprint density at radius 2 is 1.80 bits per heavy atom. The van der Waals surface area contributed by atoms with E-state index in [1.165, 1.54) is 0 Å². The Balaban J connectivity index is 4.62. The first-order chi connectivity index (χ1) is 6.99. The fourth-order valence-electron chi connectivity index (χ4n) is 1.75. The van der Waals surface area contributed by atoms with E-state index in [9.17, 15) is 4.79 Å². The van der Waals surface area contributed by atoms with Crippen LogP contribution in [0.1, 0.15) is 40.5 Å². The fourth-order valence-corrected chi connectivity index (χ4v) is 1.75. The molecule has 0 aliphatic heterocycles. The number of hydrogen-bond donors (Lipinski definition) is 0. The number of hydrogen-bond acceptors (Lipinski definition) is 2. The number of carbonyl (C=O) groups is 1. The van der Waals surface area contributed by atoms with Crippen molar-refractivity contribution in [3.63, 3.8) is 0 Å². The van der Waals surface area contributed by atoms with Crippen molar-refractivity contribution < 1.29 is 4.79 Å². The molecule has 0 fully saturated rings. The smallest absolute Gasteiger partial charge is 0.226 e. The lowest BCUT2D eigenvalue weighted by Crippen LogP contribution is -2.42. The van der Waals surface area contributed by atoms with Gasteiger partial charge in [-0.15, -0.1) is 0 Å². The average Bonchev–Trinajstić information content (AvgIpc) is 2.19. The molecule has 0 heterocycles. The summed E-state index contributed by atoms with van der Waals surface area (Å²) in [5, 5.41) is 9.00. The van der Waals surface area contributed by atoms with Crippen LogP contribution in [0.4, 0.5) is 0 Å². The molecule has 1 atom stereocenters. The fraction of sp³-hybridized carbons (Fsp3) is 0.833. The van der Waals surface area contributed by atoms with Gasteiger partial charge in [-0.05, 0) is 18.8 Å². The van der Waals surface area contributed by atoms with Crippen LogP contribution in [0, 0.1) is 23.2 Å². The number of nitriles is 1. The lowest BCUT2D eigenvalue weighted by atomic mass is 9.98. The van der Waals surface area contributed by atoms with E-state index in [0.717, 1.165) is 12.8 Å². The molecular formula is C12H22N2O. The van der Waals surface area contributed by atoms with Gasteiger partial charge in [-0.25, -0.2) is 0 Å². The maximum atomic E-state index is 12.0. The summed E-state index contributed by atoms with van der Waals surface area (Å²) in [6.45, 7) is 7.95. The van der Waals surface area contributed by atoms with E-state index in [-0.39, 0.29) is 23.8 Å². The lowest BCUT2D eigenvalue weighted by Gasteiger charge is -2.28. The van der Waals surface area contributed by atoms with Gasteiger partial charge in [0.15, 0.2) is 0 Å². The zero-order valence-corrected chi connectivity index (χ0v) is 10.4. The molecule has 1 amide bonds. The largest absolute Gasteiger partial charge is 0.329 e. The SMILES string of the molecule is CCC(CC)C(=O)N(C)C(C#N)C(C)C. The summed E-state index contributed by atoms with van der Waals surface area (Å²) < 4.78 is 0. The van der Waals surface area contributed by atoms with E-state index < -0.39 is 0 Å². The molecule has 0 radical (unpaired) electrons. The van der Waals surface area contributed by atoms with Gasteiger partial charge in [-0.3, -0.25) is 4.79 Å². The first kappa shape index (κ1) is 14.0. The Morgan fingerprint density at radius 1 is 1.33 bits per heavy atom. The third-order valence-corrected chi connectivity index (χ3v) is 2.86. The van der Waals surface area contributed by atoms with Crippen molar-refractivity contribution in [2.45, 2.75) is 46.6 Å². The van der Waals surface area contributed by atoms with E-state index in [4.69, 9.17) is 5.26 Å². The van der Waals surface area contributed by atoms with Gasteiger partial charge in [0, 0.05) is 13.0 Å². The molecule has 0 bridgehead atoms. The van der Waals surface area contributed by atoms with Gasteiger partial charge in [-0.2, -0.15) is 5.26 Å². The molecule has 0 aromatic rings. The van der Waals surface area contributed by atoms with E-state index in [1.807, 2.05) is 27.7 Å². The average molecular weight is 210 g/mol. The van der Waals surface area contributed by atoms with Crippen LogP contribution in [-0.2, 0) is 4.79 Å². The second kappa shape index (κ2) is 6.44. The van der Waals surface area contributed by atoms with Crippen LogP contribution in [0.25, 0.3) is 0 Å². The van der Waals surface area contributed by atoms with Crippen LogP contribution in [0.3, 0.4) is 0 Å². The second-order valence-electron chi connectivity index (χ2n) is 4.28. The quantitative estimate of drug-likeness (QED) is 0.699. The normalized spacial score (nSPS) is 12.7.